The van der Waals surface area contributed by atoms with Gasteiger partial charge in [-0.15, -0.1) is 5.11 Å². The second-order valence-electron chi connectivity index (χ2n) is 7.04. The number of morpholine rings is 1. The molecule has 1 heterocycles. The smallest absolute Gasteiger partial charge is 0.246 e. The molecule has 0 spiro atoms. The van der Waals surface area contributed by atoms with Crippen molar-refractivity contribution in [2.75, 3.05) is 53.6 Å². The van der Waals surface area contributed by atoms with E-state index in [1.54, 1.807) is 11.1 Å². The van der Waals surface area contributed by atoms with Gasteiger partial charge in [-0.3, -0.25) is 5.01 Å². The van der Waals surface area contributed by atoms with Gasteiger partial charge in [0, 0.05) is 25.2 Å². The van der Waals surface area contributed by atoms with Crippen LogP contribution >= 0.6 is 0 Å². The maximum absolute atomic E-state index is 13.4. The molecule has 0 bridgehead atoms. The Morgan fingerprint density at radius 2 is 1.63 bits per heavy atom. The summed E-state index contributed by atoms with van der Waals surface area (Å²) in [6.07, 6.45) is 3.43. The maximum atomic E-state index is 13.4. The van der Waals surface area contributed by atoms with Crippen LogP contribution in [0.1, 0.15) is 39.5 Å². The fourth-order valence-electron chi connectivity index (χ4n) is 3.05. The van der Waals surface area contributed by atoms with Gasteiger partial charge in [0.15, 0.2) is 0 Å². The monoisotopic (exact) mass is 442 g/mol. The summed E-state index contributed by atoms with van der Waals surface area (Å²) in [5.41, 5.74) is 0.411. The zero-order valence-corrected chi connectivity index (χ0v) is 19.3. The number of nitrogens with zero attached hydrogens (tertiary/aromatic N) is 4. The Morgan fingerprint density at radius 3 is 2.17 bits per heavy atom. The zero-order valence-electron chi connectivity index (χ0n) is 18.5. The number of hydrogen-bond acceptors (Lipinski definition) is 7. The third-order valence-corrected chi connectivity index (χ3v) is 6.79. The Bertz CT molecular complexity index is 787. The van der Waals surface area contributed by atoms with E-state index in [1.165, 1.54) is 24.6 Å². The predicted octanol–water partition coefficient (Wildman–Crippen LogP) is 3.63. The molecule has 170 valence electrons. The van der Waals surface area contributed by atoms with Gasteiger partial charge in [0.25, 0.3) is 0 Å². The van der Waals surface area contributed by atoms with Crippen molar-refractivity contribution in [1.82, 2.24) is 9.31 Å². The SMILES string of the molecule is CCCCN(CCCC)S(=O)(=O)c1cc(OC)c(N=NN2CCOCC2)cc1OC. The van der Waals surface area contributed by atoms with E-state index >= 15 is 0 Å². The Balaban J connectivity index is 2.39. The van der Waals surface area contributed by atoms with Crippen LogP contribution in [0.2, 0.25) is 0 Å². The maximum Gasteiger partial charge on any atom is 0.246 e. The van der Waals surface area contributed by atoms with Crippen LogP contribution in [0.5, 0.6) is 11.5 Å². The summed E-state index contributed by atoms with van der Waals surface area (Å²) in [6.45, 7) is 7.54. The van der Waals surface area contributed by atoms with Crippen molar-refractivity contribution >= 4 is 15.7 Å². The molecule has 0 aromatic heterocycles. The summed E-state index contributed by atoms with van der Waals surface area (Å²) in [7, 11) is -0.809. The molecule has 1 fully saturated rings. The first-order valence-corrected chi connectivity index (χ1v) is 11.9. The molecule has 0 unspecified atom stereocenters. The fourth-order valence-corrected chi connectivity index (χ4v) is 4.72. The molecule has 9 nitrogen and oxygen atoms in total. The Hall–Kier alpha value is -1.91. The minimum Gasteiger partial charge on any atom is -0.495 e. The summed E-state index contributed by atoms with van der Waals surface area (Å²) in [5.74, 6) is 0.557. The Labute approximate surface area is 180 Å². The third-order valence-electron chi connectivity index (χ3n) is 4.87. The van der Waals surface area contributed by atoms with E-state index < -0.39 is 10.0 Å². The van der Waals surface area contributed by atoms with Crippen LogP contribution in [0.25, 0.3) is 0 Å². The third kappa shape index (κ3) is 6.29. The normalized spacial score (nSPS) is 15.2. The minimum absolute atomic E-state index is 0.0828. The molecule has 1 saturated heterocycles. The molecular formula is C20H34N4O5S. The molecule has 0 saturated carbocycles. The molecule has 30 heavy (non-hydrogen) atoms. The second-order valence-corrected chi connectivity index (χ2v) is 8.95. The van der Waals surface area contributed by atoms with Gasteiger partial charge < -0.3 is 14.2 Å². The van der Waals surface area contributed by atoms with E-state index in [-0.39, 0.29) is 10.6 Å². The van der Waals surface area contributed by atoms with Gasteiger partial charge in [-0.05, 0) is 12.8 Å². The first-order valence-electron chi connectivity index (χ1n) is 10.5. The van der Waals surface area contributed by atoms with E-state index in [1.807, 2.05) is 13.8 Å². The van der Waals surface area contributed by atoms with E-state index in [4.69, 9.17) is 14.2 Å². The highest BCUT2D eigenvalue weighted by molar-refractivity contribution is 7.89. The van der Waals surface area contributed by atoms with Gasteiger partial charge in [0.05, 0.1) is 40.5 Å². The minimum atomic E-state index is -3.74. The first-order chi connectivity index (χ1) is 14.5. The van der Waals surface area contributed by atoms with Crippen LogP contribution in [0.4, 0.5) is 5.69 Å². The van der Waals surface area contributed by atoms with Crippen LogP contribution in [0, 0.1) is 0 Å². The lowest BCUT2D eigenvalue weighted by atomic mass is 10.3. The molecule has 10 heteroatoms. The molecule has 0 N–H and O–H groups in total. The lowest BCUT2D eigenvalue weighted by Crippen LogP contribution is -2.33. The summed E-state index contributed by atoms with van der Waals surface area (Å²) >= 11 is 0. The lowest BCUT2D eigenvalue weighted by molar-refractivity contribution is 0.0353. The van der Waals surface area contributed by atoms with Crippen LogP contribution in [0.15, 0.2) is 27.4 Å². The predicted molar refractivity (Wildman–Crippen MR) is 115 cm³/mol. The number of hydrogen-bond donors (Lipinski definition) is 0. The van der Waals surface area contributed by atoms with E-state index in [0.717, 1.165) is 25.7 Å². The fraction of sp³-hybridized carbons (Fsp3) is 0.700. The number of unbranched alkanes of at least 4 members (excludes halogenated alkanes) is 2. The zero-order chi connectivity index (χ0) is 22.0. The largest absolute Gasteiger partial charge is 0.495 e. The summed E-state index contributed by atoms with van der Waals surface area (Å²) in [4.78, 5) is 0.0828. The highest BCUT2D eigenvalue weighted by Gasteiger charge is 2.29. The topological polar surface area (TPSA) is 93.0 Å². The van der Waals surface area contributed by atoms with Gasteiger partial charge in [-0.2, -0.15) is 4.31 Å². The van der Waals surface area contributed by atoms with Crippen molar-refractivity contribution in [2.24, 2.45) is 10.3 Å². The number of methoxy groups -OCH3 is 2. The molecule has 1 aromatic rings. The molecule has 1 aliphatic heterocycles. The molecule has 2 rings (SSSR count). The highest BCUT2D eigenvalue weighted by Crippen LogP contribution is 2.39. The van der Waals surface area contributed by atoms with Crippen LogP contribution in [-0.2, 0) is 14.8 Å². The van der Waals surface area contributed by atoms with Gasteiger partial charge in [0.1, 0.15) is 22.1 Å². The Kier molecular flexibility index (Phi) is 9.80. The van der Waals surface area contributed by atoms with Gasteiger partial charge in [0.2, 0.25) is 10.0 Å². The summed E-state index contributed by atoms with van der Waals surface area (Å²) in [5, 5.41) is 10.3. The van der Waals surface area contributed by atoms with Gasteiger partial charge in [-0.25, -0.2) is 8.42 Å². The number of ether oxygens (including phenoxy) is 3. The van der Waals surface area contributed by atoms with Crippen LogP contribution < -0.4 is 9.47 Å². The van der Waals surface area contributed by atoms with Crippen LogP contribution in [-0.4, -0.2) is 71.3 Å². The molecule has 1 aromatic carbocycles. The molecule has 0 amide bonds. The van der Waals surface area contributed by atoms with Crippen molar-refractivity contribution in [1.29, 1.82) is 0 Å². The quantitative estimate of drug-likeness (QED) is 0.459. The second kappa shape index (κ2) is 12.1. The van der Waals surface area contributed by atoms with Crippen molar-refractivity contribution in [2.45, 2.75) is 44.4 Å². The van der Waals surface area contributed by atoms with Gasteiger partial charge in [-0.1, -0.05) is 31.9 Å². The summed E-state index contributed by atoms with van der Waals surface area (Å²) < 4.78 is 44.5. The van der Waals surface area contributed by atoms with E-state index in [9.17, 15) is 8.42 Å². The van der Waals surface area contributed by atoms with Crippen molar-refractivity contribution in [3.63, 3.8) is 0 Å². The lowest BCUT2D eigenvalue weighted by Gasteiger charge is -2.24. The van der Waals surface area contributed by atoms with E-state index in [2.05, 4.69) is 10.3 Å². The number of sulfonamides is 1. The molecule has 0 radical (unpaired) electrons. The van der Waals surface area contributed by atoms with E-state index in [0.29, 0.717) is 50.8 Å². The summed E-state index contributed by atoms with van der Waals surface area (Å²) in [6, 6.07) is 3.04. The number of benzene rings is 1. The average Bonchev–Trinajstić information content (AvgIpc) is 2.77. The average molecular weight is 443 g/mol. The van der Waals surface area contributed by atoms with Crippen molar-refractivity contribution < 1.29 is 22.6 Å². The highest BCUT2D eigenvalue weighted by atomic mass is 32.2. The van der Waals surface area contributed by atoms with Crippen molar-refractivity contribution in [3.05, 3.63) is 12.1 Å². The van der Waals surface area contributed by atoms with Crippen molar-refractivity contribution in [3.8, 4) is 11.5 Å². The standard InChI is InChI=1S/C20H34N4O5S/c1-5-7-9-24(10-8-6-2)30(25,26)20-16-18(27-3)17(15-19(20)28-4)21-22-23-11-13-29-14-12-23/h15-16H,5-14H2,1-4H3. The van der Waals surface area contributed by atoms with Crippen LogP contribution in [0.3, 0.4) is 0 Å². The van der Waals surface area contributed by atoms with Gasteiger partial charge >= 0.3 is 0 Å². The molecular weight excluding hydrogens is 408 g/mol. The molecule has 0 aliphatic carbocycles. The first kappa shape index (κ1) is 24.4. The number of rotatable bonds is 12. The Morgan fingerprint density at radius 1 is 1.03 bits per heavy atom. The molecule has 0 atom stereocenters. The molecule has 1 aliphatic rings.